The number of carbonyl (C=O) groups is 3. The minimum absolute atomic E-state index is 0.174. The van der Waals surface area contributed by atoms with Gasteiger partial charge >= 0.3 is 0 Å². The molecule has 0 bridgehead atoms. The highest BCUT2D eigenvalue weighted by molar-refractivity contribution is 6.17. The lowest BCUT2D eigenvalue weighted by atomic mass is 9.96. The zero-order chi connectivity index (χ0) is 15.7. The molecule has 8 nitrogen and oxygen atoms in total. The van der Waals surface area contributed by atoms with Gasteiger partial charge in [0.2, 0.25) is 17.7 Å². The highest BCUT2D eigenvalue weighted by Gasteiger charge is 2.47. The normalized spacial score (nSPS) is 21.5. The molecule has 2 rings (SSSR count). The van der Waals surface area contributed by atoms with E-state index in [2.05, 4.69) is 5.32 Å². The van der Waals surface area contributed by atoms with Gasteiger partial charge in [-0.05, 0) is 6.07 Å². The first kappa shape index (κ1) is 14.6. The first-order valence-corrected chi connectivity index (χ1v) is 6.19. The summed E-state index contributed by atoms with van der Waals surface area (Å²) in [5.74, 6) is -3.50. The number of non-ortho nitro benzene ring substituents is 1. The lowest BCUT2D eigenvalue weighted by molar-refractivity contribution is -0.384. The Morgan fingerprint density at radius 1 is 1.33 bits per heavy atom. The van der Waals surface area contributed by atoms with Crippen LogP contribution in [0.25, 0.3) is 0 Å². The topological polar surface area (TPSA) is 110 Å². The molecular weight excluding hydrogens is 278 g/mol. The number of anilines is 1. The van der Waals surface area contributed by atoms with E-state index in [-0.39, 0.29) is 11.4 Å². The van der Waals surface area contributed by atoms with Crippen LogP contribution in [0, 0.1) is 22.0 Å². The first-order chi connectivity index (χ1) is 9.82. The summed E-state index contributed by atoms with van der Waals surface area (Å²) in [4.78, 5) is 46.7. The predicted octanol–water partition coefficient (Wildman–Crippen LogP) is 0.784. The van der Waals surface area contributed by atoms with Gasteiger partial charge in [-0.3, -0.25) is 29.4 Å². The summed E-state index contributed by atoms with van der Waals surface area (Å²) in [5, 5.41) is 13.1. The molecule has 0 spiro atoms. The zero-order valence-corrected chi connectivity index (χ0v) is 11.4. The van der Waals surface area contributed by atoms with Gasteiger partial charge in [-0.25, -0.2) is 0 Å². The van der Waals surface area contributed by atoms with E-state index in [1.807, 2.05) is 0 Å². The summed E-state index contributed by atoms with van der Waals surface area (Å²) < 4.78 is 0. The molecule has 1 aliphatic heterocycles. The monoisotopic (exact) mass is 291 g/mol. The third-order valence-electron chi connectivity index (χ3n) is 3.42. The van der Waals surface area contributed by atoms with Gasteiger partial charge in [0.1, 0.15) is 5.92 Å². The second-order valence-corrected chi connectivity index (χ2v) is 4.80. The molecule has 1 fully saturated rings. The highest BCUT2D eigenvalue weighted by atomic mass is 16.6. The van der Waals surface area contributed by atoms with Gasteiger partial charge in [0.25, 0.3) is 5.69 Å². The molecule has 3 amide bonds. The number of nitrogens with one attached hydrogen (secondary N) is 1. The van der Waals surface area contributed by atoms with Crippen LogP contribution in [0.3, 0.4) is 0 Å². The number of nitrogens with zero attached hydrogens (tertiary/aromatic N) is 2. The molecule has 1 aromatic rings. The van der Waals surface area contributed by atoms with Crippen LogP contribution < -0.4 is 5.32 Å². The molecule has 0 aromatic heterocycles. The Kier molecular flexibility index (Phi) is 3.70. The van der Waals surface area contributed by atoms with Crippen molar-refractivity contribution in [2.24, 2.45) is 11.8 Å². The summed E-state index contributed by atoms with van der Waals surface area (Å²) in [7, 11) is 1.32. The van der Waals surface area contributed by atoms with Gasteiger partial charge in [-0.2, -0.15) is 0 Å². The summed E-state index contributed by atoms with van der Waals surface area (Å²) in [6, 6.07) is 5.37. The van der Waals surface area contributed by atoms with Crippen molar-refractivity contribution in [1.82, 2.24) is 4.90 Å². The van der Waals surface area contributed by atoms with Crippen molar-refractivity contribution in [3.63, 3.8) is 0 Å². The van der Waals surface area contributed by atoms with Crippen molar-refractivity contribution in [2.45, 2.75) is 6.92 Å². The molecule has 1 aliphatic rings. The average Bonchev–Trinajstić information content (AvgIpc) is 2.63. The standard InChI is InChI=1S/C13H13N3O5/c1-7-10(13(19)15(2)12(7)18)11(17)14-8-4-3-5-9(6-8)16(20)21/h3-7,10H,1-2H3,(H,14,17). The van der Waals surface area contributed by atoms with Crippen LogP contribution in [0.15, 0.2) is 24.3 Å². The van der Waals surface area contributed by atoms with Gasteiger partial charge in [-0.1, -0.05) is 13.0 Å². The quantitative estimate of drug-likeness (QED) is 0.383. The van der Waals surface area contributed by atoms with Crippen LogP contribution >= 0.6 is 0 Å². The molecular formula is C13H13N3O5. The molecule has 1 saturated heterocycles. The first-order valence-electron chi connectivity index (χ1n) is 6.19. The lowest BCUT2D eigenvalue weighted by Crippen LogP contribution is -2.32. The molecule has 1 heterocycles. The maximum absolute atomic E-state index is 12.1. The van der Waals surface area contributed by atoms with Crippen LogP contribution in [0.1, 0.15) is 6.92 Å². The van der Waals surface area contributed by atoms with Crippen molar-refractivity contribution in [1.29, 1.82) is 0 Å². The second kappa shape index (κ2) is 5.31. The molecule has 2 atom stereocenters. The van der Waals surface area contributed by atoms with E-state index in [0.717, 1.165) is 4.90 Å². The number of nitro groups is 1. The molecule has 0 saturated carbocycles. The van der Waals surface area contributed by atoms with Gasteiger partial charge < -0.3 is 5.32 Å². The Hall–Kier alpha value is -2.77. The fourth-order valence-electron chi connectivity index (χ4n) is 2.24. The molecule has 1 aromatic carbocycles. The largest absolute Gasteiger partial charge is 0.325 e. The summed E-state index contributed by atoms with van der Waals surface area (Å²) in [6.45, 7) is 1.50. The number of carbonyl (C=O) groups excluding carboxylic acids is 3. The number of hydrogen-bond acceptors (Lipinski definition) is 5. The van der Waals surface area contributed by atoms with Gasteiger partial charge in [0, 0.05) is 24.9 Å². The Labute approximate surface area is 119 Å². The predicted molar refractivity (Wildman–Crippen MR) is 72.2 cm³/mol. The number of benzene rings is 1. The zero-order valence-electron chi connectivity index (χ0n) is 11.4. The van der Waals surface area contributed by atoms with E-state index in [1.165, 1.54) is 38.2 Å². The Morgan fingerprint density at radius 3 is 2.52 bits per heavy atom. The molecule has 0 radical (unpaired) electrons. The molecule has 21 heavy (non-hydrogen) atoms. The van der Waals surface area contributed by atoms with E-state index >= 15 is 0 Å². The van der Waals surface area contributed by atoms with Crippen molar-refractivity contribution in [3.05, 3.63) is 34.4 Å². The molecule has 2 unspecified atom stereocenters. The van der Waals surface area contributed by atoms with Crippen LogP contribution in [-0.4, -0.2) is 34.6 Å². The van der Waals surface area contributed by atoms with Crippen LogP contribution in [-0.2, 0) is 14.4 Å². The van der Waals surface area contributed by atoms with Crippen LogP contribution in [0.2, 0.25) is 0 Å². The minimum Gasteiger partial charge on any atom is -0.325 e. The highest BCUT2D eigenvalue weighted by Crippen LogP contribution is 2.26. The van der Waals surface area contributed by atoms with E-state index in [0.29, 0.717) is 0 Å². The fourth-order valence-corrected chi connectivity index (χ4v) is 2.24. The number of imide groups is 1. The summed E-state index contributed by atoms with van der Waals surface area (Å²) in [6.07, 6.45) is 0. The van der Waals surface area contributed by atoms with Crippen molar-refractivity contribution >= 4 is 29.1 Å². The number of hydrogen-bond donors (Lipinski definition) is 1. The van der Waals surface area contributed by atoms with E-state index < -0.39 is 34.5 Å². The summed E-state index contributed by atoms with van der Waals surface area (Å²) in [5.41, 5.74) is 0.0305. The minimum atomic E-state index is -1.11. The third-order valence-corrected chi connectivity index (χ3v) is 3.42. The van der Waals surface area contributed by atoms with E-state index in [4.69, 9.17) is 0 Å². The third kappa shape index (κ3) is 2.60. The number of rotatable bonds is 3. The Balaban J connectivity index is 2.19. The molecule has 8 heteroatoms. The lowest BCUT2D eigenvalue weighted by Gasteiger charge is -2.11. The number of likely N-dealkylation sites (tertiary alicyclic amines) is 1. The second-order valence-electron chi connectivity index (χ2n) is 4.80. The maximum atomic E-state index is 12.1. The smallest absolute Gasteiger partial charge is 0.271 e. The summed E-state index contributed by atoms with van der Waals surface area (Å²) >= 11 is 0. The van der Waals surface area contributed by atoms with Crippen molar-refractivity contribution < 1.29 is 19.3 Å². The van der Waals surface area contributed by atoms with Crippen LogP contribution in [0.4, 0.5) is 11.4 Å². The van der Waals surface area contributed by atoms with E-state index in [9.17, 15) is 24.5 Å². The SMILES string of the molecule is CC1C(=O)N(C)C(=O)C1C(=O)Nc1cccc([N+](=O)[O-])c1. The molecule has 1 N–H and O–H groups in total. The van der Waals surface area contributed by atoms with Gasteiger partial charge in [0.05, 0.1) is 10.8 Å². The Bertz CT molecular complexity index is 642. The molecule has 0 aliphatic carbocycles. The maximum Gasteiger partial charge on any atom is 0.271 e. The number of nitro benzene ring substituents is 1. The van der Waals surface area contributed by atoms with Crippen molar-refractivity contribution in [2.75, 3.05) is 12.4 Å². The Morgan fingerprint density at radius 2 is 2.00 bits per heavy atom. The fraction of sp³-hybridized carbons (Fsp3) is 0.308. The van der Waals surface area contributed by atoms with E-state index in [1.54, 1.807) is 0 Å². The molecule has 110 valence electrons. The van der Waals surface area contributed by atoms with Gasteiger partial charge in [0.15, 0.2) is 0 Å². The number of amides is 3. The van der Waals surface area contributed by atoms with Gasteiger partial charge in [-0.15, -0.1) is 0 Å². The van der Waals surface area contributed by atoms with Crippen LogP contribution in [0.5, 0.6) is 0 Å². The van der Waals surface area contributed by atoms with Crippen molar-refractivity contribution in [3.8, 4) is 0 Å². The average molecular weight is 291 g/mol.